The Labute approximate surface area is 131 Å². The number of nitrogens with zero attached hydrogens (tertiary/aromatic N) is 3. The van der Waals surface area contributed by atoms with Gasteiger partial charge in [0.2, 0.25) is 0 Å². The average molecular weight is 349 g/mol. The molecule has 0 fully saturated rings. The van der Waals surface area contributed by atoms with Gasteiger partial charge in [-0.1, -0.05) is 6.08 Å². The maximum atomic E-state index is 11.5. The number of carboxylic acids is 2. The summed E-state index contributed by atoms with van der Waals surface area (Å²) in [5.41, 5.74) is 1.49. The highest BCUT2D eigenvalue weighted by Crippen LogP contribution is 2.24. The van der Waals surface area contributed by atoms with E-state index >= 15 is 0 Å². The summed E-state index contributed by atoms with van der Waals surface area (Å²) >= 11 is 0.949. The SMILES string of the molecule is CN1CCC=C(c2nsnc2S(C)(=O)=O)C1.O=C(O)C(=O)O. The first-order valence-corrected chi connectivity index (χ1v) is 8.62. The third-order valence-corrected chi connectivity index (χ3v) is 4.27. The Morgan fingerprint density at radius 3 is 2.32 bits per heavy atom. The lowest BCUT2D eigenvalue weighted by atomic mass is 10.1. The van der Waals surface area contributed by atoms with Crippen molar-refractivity contribution in [3.05, 3.63) is 11.8 Å². The second kappa shape index (κ2) is 7.42. The Morgan fingerprint density at radius 2 is 1.86 bits per heavy atom. The molecule has 9 nitrogen and oxygen atoms in total. The number of hydrogen-bond acceptors (Lipinski definition) is 8. The highest BCUT2D eigenvalue weighted by molar-refractivity contribution is 7.90. The number of likely N-dealkylation sites (N-methyl/N-ethyl adjacent to an activating group) is 1. The molecule has 0 amide bonds. The first kappa shape index (κ1) is 18.2. The normalized spacial score (nSPS) is 15.5. The average Bonchev–Trinajstić information content (AvgIpc) is 2.88. The van der Waals surface area contributed by atoms with Crippen LogP contribution in [-0.4, -0.2) is 70.6 Å². The fourth-order valence-electron chi connectivity index (χ4n) is 1.69. The van der Waals surface area contributed by atoms with Crippen LogP contribution in [-0.2, 0) is 19.4 Å². The maximum absolute atomic E-state index is 11.5. The van der Waals surface area contributed by atoms with E-state index in [4.69, 9.17) is 19.8 Å². The molecular weight excluding hydrogens is 334 g/mol. The van der Waals surface area contributed by atoms with E-state index in [-0.39, 0.29) is 5.03 Å². The van der Waals surface area contributed by atoms with Gasteiger partial charge in [0.15, 0.2) is 14.9 Å². The molecular formula is C11H15N3O6S2. The zero-order valence-corrected chi connectivity index (χ0v) is 13.5. The first-order valence-electron chi connectivity index (χ1n) is 5.99. The fraction of sp³-hybridized carbons (Fsp3) is 0.455. The molecule has 0 saturated carbocycles. The first-order chi connectivity index (χ1) is 10.1. The fourth-order valence-corrected chi connectivity index (χ4v) is 3.40. The van der Waals surface area contributed by atoms with Crippen molar-refractivity contribution in [3.8, 4) is 0 Å². The van der Waals surface area contributed by atoms with Crippen LogP contribution in [0.2, 0.25) is 0 Å². The summed E-state index contributed by atoms with van der Waals surface area (Å²) in [6.45, 7) is 1.73. The van der Waals surface area contributed by atoms with Gasteiger partial charge in [0, 0.05) is 19.3 Å². The van der Waals surface area contributed by atoms with Gasteiger partial charge in [-0.25, -0.2) is 18.0 Å². The molecule has 1 aliphatic heterocycles. The van der Waals surface area contributed by atoms with Gasteiger partial charge in [0.25, 0.3) is 0 Å². The van der Waals surface area contributed by atoms with Gasteiger partial charge in [-0.05, 0) is 19.0 Å². The molecule has 0 bridgehead atoms. The molecule has 1 aromatic heterocycles. The molecule has 1 aromatic rings. The van der Waals surface area contributed by atoms with Crippen molar-refractivity contribution in [1.29, 1.82) is 0 Å². The van der Waals surface area contributed by atoms with Crippen LogP contribution in [0.15, 0.2) is 11.1 Å². The molecule has 0 unspecified atom stereocenters. The summed E-state index contributed by atoms with van der Waals surface area (Å²) < 4.78 is 31.0. The van der Waals surface area contributed by atoms with Gasteiger partial charge in [-0.15, -0.1) is 0 Å². The number of sulfone groups is 1. The summed E-state index contributed by atoms with van der Waals surface area (Å²) in [6.07, 6.45) is 4.14. The second-order valence-electron chi connectivity index (χ2n) is 4.56. The molecule has 11 heteroatoms. The highest BCUT2D eigenvalue weighted by Gasteiger charge is 2.23. The number of carbonyl (C=O) groups is 2. The number of aliphatic carboxylic acids is 2. The highest BCUT2D eigenvalue weighted by atomic mass is 32.2. The molecule has 0 saturated heterocycles. The van der Waals surface area contributed by atoms with E-state index in [1.165, 1.54) is 6.26 Å². The molecule has 0 aliphatic carbocycles. The number of carboxylic acid groups (broad SMARTS) is 2. The molecule has 0 spiro atoms. The van der Waals surface area contributed by atoms with E-state index in [2.05, 4.69) is 13.6 Å². The van der Waals surface area contributed by atoms with Gasteiger partial charge >= 0.3 is 11.9 Å². The van der Waals surface area contributed by atoms with Gasteiger partial charge in [-0.3, -0.25) is 0 Å². The minimum Gasteiger partial charge on any atom is -0.473 e. The van der Waals surface area contributed by atoms with Crippen molar-refractivity contribution >= 4 is 39.1 Å². The summed E-state index contributed by atoms with van der Waals surface area (Å²) in [6, 6.07) is 0. The second-order valence-corrected chi connectivity index (χ2v) is 7.02. The molecule has 0 radical (unpaired) electrons. The van der Waals surface area contributed by atoms with Crippen molar-refractivity contribution < 1.29 is 28.2 Å². The minimum absolute atomic E-state index is 0.110. The Bertz CT molecular complexity index is 682. The molecule has 122 valence electrons. The van der Waals surface area contributed by atoms with Gasteiger partial charge in [0.1, 0.15) is 5.69 Å². The van der Waals surface area contributed by atoms with Gasteiger partial charge in [0.05, 0.1) is 11.7 Å². The quantitative estimate of drug-likeness (QED) is 0.696. The Morgan fingerprint density at radius 1 is 1.27 bits per heavy atom. The lowest BCUT2D eigenvalue weighted by Gasteiger charge is -2.21. The van der Waals surface area contributed by atoms with E-state index in [0.717, 1.165) is 36.8 Å². The standard InChI is InChI=1S/C9H13N3O2S2.C2H2O4/c1-12-5-3-4-7(6-12)8-9(11-15-10-8)16(2,13)14;3-1(4)2(5)6/h4H,3,5-6H2,1-2H3;(H,3,4)(H,5,6). The van der Waals surface area contributed by atoms with E-state index in [0.29, 0.717) is 5.69 Å². The van der Waals surface area contributed by atoms with Crippen molar-refractivity contribution in [3.63, 3.8) is 0 Å². The number of aromatic nitrogens is 2. The van der Waals surface area contributed by atoms with Crippen LogP contribution >= 0.6 is 11.7 Å². The van der Waals surface area contributed by atoms with Gasteiger partial charge < -0.3 is 15.1 Å². The van der Waals surface area contributed by atoms with Crippen molar-refractivity contribution in [2.75, 3.05) is 26.4 Å². The third kappa shape index (κ3) is 5.16. The molecule has 2 rings (SSSR count). The monoisotopic (exact) mass is 349 g/mol. The summed E-state index contributed by atoms with van der Waals surface area (Å²) in [5.74, 6) is -3.65. The zero-order chi connectivity index (χ0) is 16.9. The summed E-state index contributed by atoms with van der Waals surface area (Å²) in [4.78, 5) is 20.3. The van der Waals surface area contributed by atoms with E-state index < -0.39 is 21.8 Å². The van der Waals surface area contributed by atoms with Crippen LogP contribution in [0.5, 0.6) is 0 Å². The predicted molar refractivity (Wildman–Crippen MR) is 78.4 cm³/mol. The lowest BCUT2D eigenvalue weighted by Crippen LogP contribution is -2.25. The van der Waals surface area contributed by atoms with Crippen LogP contribution in [0.25, 0.3) is 5.57 Å². The smallest absolute Gasteiger partial charge is 0.414 e. The van der Waals surface area contributed by atoms with E-state index in [1.807, 2.05) is 13.1 Å². The number of rotatable bonds is 2. The van der Waals surface area contributed by atoms with Crippen molar-refractivity contribution in [2.45, 2.75) is 11.4 Å². The van der Waals surface area contributed by atoms with Crippen molar-refractivity contribution in [2.24, 2.45) is 0 Å². The molecule has 0 atom stereocenters. The van der Waals surface area contributed by atoms with Crippen LogP contribution in [0.4, 0.5) is 0 Å². The van der Waals surface area contributed by atoms with Crippen LogP contribution in [0, 0.1) is 0 Å². The Kier molecular flexibility index (Phi) is 6.14. The topological polar surface area (TPSA) is 138 Å². The lowest BCUT2D eigenvalue weighted by molar-refractivity contribution is -0.159. The zero-order valence-electron chi connectivity index (χ0n) is 11.9. The Hall–Kier alpha value is -1.85. The maximum Gasteiger partial charge on any atom is 0.414 e. The van der Waals surface area contributed by atoms with E-state index in [1.54, 1.807) is 0 Å². The van der Waals surface area contributed by atoms with Crippen LogP contribution in [0.1, 0.15) is 12.1 Å². The van der Waals surface area contributed by atoms with Crippen LogP contribution in [0.3, 0.4) is 0 Å². The molecule has 22 heavy (non-hydrogen) atoms. The largest absolute Gasteiger partial charge is 0.473 e. The Balaban J connectivity index is 0.000000346. The molecule has 2 N–H and O–H groups in total. The minimum atomic E-state index is -3.28. The summed E-state index contributed by atoms with van der Waals surface area (Å²) in [5, 5.41) is 14.9. The van der Waals surface area contributed by atoms with E-state index in [9.17, 15) is 8.42 Å². The number of hydrogen-bond donors (Lipinski definition) is 2. The predicted octanol–water partition coefficient (Wildman–Crippen LogP) is -0.184. The molecule has 2 heterocycles. The van der Waals surface area contributed by atoms with Crippen LogP contribution < -0.4 is 0 Å². The van der Waals surface area contributed by atoms with Crippen molar-refractivity contribution in [1.82, 2.24) is 13.6 Å². The third-order valence-electron chi connectivity index (χ3n) is 2.64. The molecule has 1 aliphatic rings. The molecule has 0 aromatic carbocycles. The van der Waals surface area contributed by atoms with Gasteiger partial charge in [-0.2, -0.15) is 8.75 Å². The summed E-state index contributed by atoms with van der Waals surface area (Å²) in [7, 11) is -1.27.